The van der Waals surface area contributed by atoms with Crippen molar-refractivity contribution < 1.29 is 18.7 Å². The first-order chi connectivity index (χ1) is 11.5. The lowest BCUT2D eigenvalue weighted by atomic mass is 10.1. The topological polar surface area (TPSA) is 58.6 Å². The molecule has 1 rings (SSSR count). The fourth-order valence-corrected chi connectivity index (χ4v) is 2.49. The van der Waals surface area contributed by atoms with Crippen LogP contribution in [0, 0.1) is 5.82 Å². The zero-order chi connectivity index (χ0) is 19.2. The fraction of sp³-hybridized carbons (Fsp3) is 0.444. The highest BCUT2D eigenvalue weighted by molar-refractivity contribution is 9.10. The van der Waals surface area contributed by atoms with E-state index in [9.17, 15) is 14.0 Å². The van der Waals surface area contributed by atoms with E-state index in [0.29, 0.717) is 5.56 Å². The van der Waals surface area contributed by atoms with E-state index in [1.54, 1.807) is 45.9 Å². The highest BCUT2D eigenvalue weighted by Gasteiger charge is 2.25. The van der Waals surface area contributed by atoms with Gasteiger partial charge < -0.3 is 15.0 Å². The lowest BCUT2D eigenvalue weighted by Gasteiger charge is -2.26. The Bertz CT molecular complexity index is 644. The van der Waals surface area contributed by atoms with Crippen LogP contribution in [-0.2, 0) is 16.1 Å². The molecular weight excluding hydrogens is 391 g/mol. The molecule has 0 radical (unpaired) electrons. The molecule has 0 aliphatic rings. The van der Waals surface area contributed by atoms with Crippen LogP contribution in [0.25, 0.3) is 0 Å². The van der Waals surface area contributed by atoms with E-state index in [4.69, 9.17) is 4.74 Å². The number of rotatable bonds is 6. The lowest BCUT2D eigenvalue weighted by molar-refractivity contribution is -0.133. The Morgan fingerprint density at radius 3 is 2.64 bits per heavy atom. The number of alkyl carbamates (subject to hydrolysis) is 1. The van der Waals surface area contributed by atoms with Gasteiger partial charge in [-0.15, -0.1) is 6.58 Å². The Balaban J connectivity index is 2.83. The molecule has 7 heteroatoms. The Morgan fingerprint density at radius 1 is 1.44 bits per heavy atom. The number of nitrogens with one attached hydrogen (secondary N) is 1. The van der Waals surface area contributed by atoms with E-state index in [1.165, 1.54) is 11.0 Å². The number of halogens is 2. The van der Waals surface area contributed by atoms with Crippen molar-refractivity contribution in [3.8, 4) is 0 Å². The molecule has 0 bridgehead atoms. The van der Waals surface area contributed by atoms with Gasteiger partial charge in [-0.2, -0.15) is 0 Å². The van der Waals surface area contributed by atoms with Gasteiger partial charge in [-0.1, -0.05) is 22.0 Å². The van der Waals surface area contributed by atoms with Gasteiger partial charge >= 0.3 is 6.09 Å². The summed E-state index contributed by atoms with van der Waals surface area (Å²) in [5, 5.41) is 2.50. The van der Waals surface area contributed by atoms with Gasteiger partial charge in [0.05, 0.1) is 0 Å². The maximum Gasteiger partial charge on any atom is 0.408 e. The van der Waals surface area contributed by atoms with Crippen LogP contribution in [0.3, 0.4) is 0 Å². The molecule has 0 saturated heterocycles. The van der Waals surface area contributed by atoms with Gasteiger partial charge in [0.1, 0.15) is 17.5 Å². The van der Waals surface area contributed by atoms with Crippen LogP contribution in [0.2, 0.25) is 0 Å². The molecule has 5 nitrogen and oxygen atoms in total. The van der Waals surface area contributed by atoms with Crippen LogP contribution in [0.4, 0.5) is 9.18 Å². The highest BCUT2D eigenvalue weighted by atomic mass is 79.9. The summed E-state index contributed by atoms with van der Waals surface area (Å²) in [7, 11) is 0. The Morgan fingerprint density at radius 2 is 2.08 bits per heavy atom. The molecule has 1 aromatic carbocycles. The second kappa shape index (κ2) is 8.99. The summed E-state index contributed by atoms with van der Waals surface area (Å²) in [5.74, 6) is -0.761. The van der Waals surface area contributed by atoms with Gasteiger partial charge in [-0.25, -0.2) is 9.18 Å². The average molecular weight is 415 g/mol. The van der Waals surface area contributed by atoms with E-state index in [-0.39, 0.29) is 19.0 Å². The molecular formula is C18H24BrFN2O3. The van der Waals surface area contributed by atoms with Gasteiger partial charge in [0.15, 0.2) is 0 Å². The first kappa shape index (κ1) is 21.2. The Hall–Kier alpha value is -1.89. The largest absolute Gasteiger partial charge is 0.444 e. The fourth-order valence-electron chi connectivity index (χ4n) is 2.08. The summed E-state index contributed by atoms with van der Waals surface area (Å²) in [4.78, 5) is 25.8. The summed E-state index contributed by atoms with van der Waals surface area (Å²) < 4.78 is 19.8. The molecule has 1 N–H and O–H groups in total. The van der Waals surface area contributed by atoms with Crippen molar-refractivity contribution in [1.29, 1.82) is 0 Å². The minimum atomic E-state index is -0.815. The first-order valence-electron chi connectivity index (χ1n) is 7.86. The minimum Gasteiger partial charge on any atom is -0.444 e. The van der Waals surface area contributed by atoms with Crippen molar-refractivity contribution >= 4 is 27.9 Å². The number of amides is 2. The lowest BCUT2D eigenvalue weighted by Crippen LogP contribution is -2.48. The zero-order valence-corrected chi connectivity index (χ0v) is 16.5. The van der Waals surface area contributed by atoms with Crippen molar-refractivity contribution in [2.75, 3.05) is 6.54 Å². The second-order valence-corrected chi connectivity index (χ2v) is 7.53. The third-order valence-corrected chi connectivity index (χ3v) is 3.63. The summed E-state index contributed by atoms with van der Waals surface area (Å²) in [5.41, 5.74) is -0.290. The van der Waals surface area contributed by atoms with Crippen LogP contribution in [0.15, 0.2) is 35.3 Å². The zero-order valence-electron chi connectivity index (χ0n) is 14.9. The van der Waals surface area contributed by atoms with Crippen LogP contribution >= 0.6 is 15.9 Å². The van der Waals surface area contributed by atoms with E-state index >= 15 is 0 Å². The van der Waals surface area contributed by atoms with E-state index < -0.39 is 23.6 Å². The average Bonchev–Trinajstić information content (AvgIpc) is 2.47. The number of carbonyl (C=O) groups is 2. The number of carbonyl (C=O) groups excluding carboxylic acids is 2. The third kappa shape index (κ3) is 7.25. The number of ether oxygens (including phenoxy) is 1. The van der Waals surface area contributed by atoms with Crippen molar-refractivity contribution in [1.82, 2.24) is 10.2 Å². The SMILES string of the molecule is C=CCN(Cc1cc(Br)ccc1F)C(=O)C(C)NC(=O)OC(C)(C)C. The highest BCUT2D eigenvalue weighted by Crippen LogP contribution is 2.18. The van der Waals surface area contributed by atoms with Crippen LogP contribution in [0.1, 0.15) is 33.3 Å². The molecule has 0 fully saturated rings. The molecule has 1 aromatic rings. The smallest absolute Gasteiger partial charge is 0.408 e. The van der Waals surface area contributed by atoms with Crippen LogP contribution in [0.5, 0.6) is 0 Å². The Labute approximate surface area is 156 Å². The van der Waals surface area contributed by atoms with E-state index in [1.807, 2.05) is 0 Å². The van der Waals surface area contributed by atoms with Gasteiger partial charge in [0.2, 0.25) is 5.91 Å². The first-order valence-corrected chi connectivity index (χ1v) is 8.66. The molecule has 0 saturated carbocycles. The molecule has 138 valence electrons. The Kier molecular flexibility index (Phi) is 7.60. The summed E-state index contributed by atoms with van der Waals surface area (Å²) in [6.45, 7) is 10.7. The quantitative estimate of drug-likeness (QED) is 0.715. The molecule has 1 unspecified atom stereocenters. The normalized spacial score (nSPS) is 12.2. The molecule has 0 heterocycles. The molecule has 2 amide bonds. The second-order valence-electron chi connectivity index (χ2n) is 6.61. The van der Waals surface area contributed by atoms with Crippen molar-refractivity contribution in [2.45, 2.75) is 45.9 Å². The molecule has 0 spiro atoms. The summed E-state index contributed by atoms with van der Waals surface area (Å²) in [6.07, 6.45) is 0.870. The number of nitrogens with zero attached hydrogens (tertiary/aromatic N) is 1. The predicted octanol–water partition coefficient (Wildman–Crippen LogP) is 4.02. The molecule has 0 aliphatic heterocycles. The predicted molar refractivity (Wildman–Crippen MR) is 98.5 cm³/mol. The van der Waals surface area contributed by atoms with Gasteiger partial charge in [0, 0.05) is 23.1 Å². The molecule has 25 heavy (non-hydrogen) atoms. The number of hydrogen-bond acceptors (Lipinski definition) is 3. The number of hydrogen-bond donors (Lipinski definition) is 1. The maximum atomic E-state index is 14.0. The monoisotopic (exact) mass is 414 g/mol. The summed E-state index contributed by atoms with van der Waals surface area (Å²) >= 11 is 3.29. The van der Waals surface area contributed by atoms with Crippen LogP contribution < -0.4 is 5.32 Å². The minimum absolute atomic E-state index is 0.0659. The van der Waals surface area contributed by atoms with E-state index in [0.717, 1.165) is 4.47 Å². The van der Waals surface area contributed by atoms with E-state index in [2.05, 4.69) is 27.8 Å². The number of benzene rings is 1. The molecule has 0 aromatic heterocycles. The van der Waals surface area contributed by atoms with Crippen molar-refractivity contribution in [3.63, 3.8) is 0 Å². The van der Waals surface area contributed by atoms with Crippen LogP contribution in [-0.4, -0.2) is 35.1 Å². The van der Waals surface area contributed by atoms with Crippen molar-refractivity contribution in [2.24, 2.45) is 0 Å². The summed E-state index contributed by atoms with van der Waals surface area (Å²) in [6, 6.07) is 3.72. The standard InChI is InChI=1S/C18H24BrFN2O3/c1-6-9-22(11-13-10-14(19)7-8-15(13)20)16(23)12(2)21-17(24)25-18(3,4)5/h6-8,10,12H,1,9,11H2,2-5H3,(H,21,24). The maximum absolute atomic E-state index is 14.0. The molecule has 0 aliphatic carbocycles. The van der Waals surface area contributed by atoms with Gasteiger partial charge in [0.25, 0.3) is 0 Å². The van der Waals surface area contributed by atoms with Crippen molar-refractivity contribution in [3.05, 3.63) is 46.7 Å². The van der Waals surface area contributed by atoms with Gasteiger partial charge in [-0.3, -0.25) is 4.79 Å². The molecule has 1 atom stereocenters. The van der Waals surface area contributed by atoms with Gasteiger partial charge in [-0.05, 0) is 45.9 Å². The third-order valence-electron chi connectivity index (χ3n) is 3.13.